The summed E-state index contributed by atoms with van der Waals surface area (Å²) in [5.41, 5.74) is -0.166. The van der Waals surface area contributed by atoms with Gasteiger partial charge in [0.25, 0.3) is 0 Å². The van der Waals surface area contributed by atoms with E-state index in [2.05, 4.69) is 4.98 Å². The number of aromatic nitrogens is 1. The van der Waals surface area contributed by atoms with Gasteiger partial charge in [0.05, 0.1) is 22.7 Å². The number of allylic oxidation sites excluding steroid dienone is 4. The highest BCUT2D eigenvalue weighted by atomic mass is 35.5. The molecule has 0 radical (unpaired) electrons. The van der Waals surface area contributed by atoms with Gasteiger partial charge in [0, 0.05) is 6.20 Å². The van der Waals surface area contributed by atoms with Crippen LogP contribution in [-0.4, -0.2) is 16.1 Å². The highest BCUT2D eigenvalue weighted by molar-refractivity contribution is 6.32. The Labute approximate surface area is 123 Å². The summed E-state index contributed by atoms with van der Waals surface area (Å²) in [5.74, 6) is -1.15. The zero-order valence-electron chi connectivity index (χ0n) is 10.7. The lowest BCUT2D eigenvalue weighted by Gasteiger charge is -2.16. The average molecular weight is 318 g/mol. The molecule has 2 rings (SSSR count). The van der Waals surface area contributed by atoms with Crippen molar-refractivity contribution >= 4 is 23.1 Å². The first-order valence-corrected chi connectivity index (χ1v) is 6.48. The molecule has 0 fully saturated rings. The van der Waals surface area contributed by atoms with Crippen LogP contribution in [-0.2, 0) is 11.0 Å². The molecule has 1 atom stereocenters. The van der Waals surface area contributed by atoms with E-state index in [-0.39, 0.29) is 23.1 Å². The van der Waals surface area contributed by atoms with Gasteiger partial charge in [-0.1, -0.05) is 29.8 Å². The predicted octanol–water partition coefficient (Wildman–Crippen LogP) is 4.19. The minimum absolute atomic E-state index is 0.0495. The zero-order chi connectivity index (χ0) is 15.6. The van der Waals surface area contributed by atoms with Gasteiger partial charge in [0.15, 0.2) is 0 Å². The summed E-state index contributed by atoms with van der Waals surface area (Å²) in [6, 6.07) is 0.819. The molecule has 0 aliphatic heterocycles. The van der Waals surface area contributed by atoms with Crippen molar-refractivity contribution in [3.8, 4) is 0 Å². The van der Waals surface area contributed by atoms with Crippen LogP contribution in [0.2, 0.25) is 5.02 Å². The van der Waals surface area contributed by atoms with Gasteiger partial charge < -0.3 is 5.11 Å². The van der Waals surface area contributed by atoms with E-state index in [4.69, 9.17) is 16.7 Å². The monoisotopic (exact) mass is 317 g/mol. The number of pyridine rings is 1. The number of carboxylic acids is 1. The van der Waals surface area contributed by atoms with Crippen LogP contribution < -0.4 is 0 Å². The number of aliphatic carboxylic acids is 1. The Morgan fingerprint density at radius 1 is 1.48 bits per heavy atom. The van der Waals surface area contributed by atoms with Crippen molar-refractivity contribution in [1.82, 2.24) is 4.98 Å². The van der Waals surface area contributed by atoms with Gasteiger partial charge in [-0.05, 0) is 24.0 Å². The second-order valence-corrected chi connectivity index (χ2v) is 5.08. The van der Waals surface area contributed by atoms with Gasteiger partial charge in [0.1, 0.15) is 0 Å². The van der Waals surface area contributed by atoms with Gasteiger partial charge in [-0.15, -0.1) is 0 Å². The van der Waals surface area contributed by atoms with Crippen LogP contribution >= 0.6 is 11.6 Å². The molecule has 0 saturated carbocycles. The Hall–Kier alpha value is -1.82. The van der Waals surface area contributed by atoms with Crippen LogP contribution in [0.4, 0.5) is 13.2 Å². The maximum absolute atomic E-state index is 12.6. The van der Waals surface area contributed by atoms with Gasteiger partial charge >= 0.3 is 12.1 Å². The number of halogens is 4. The maximum Gasteiger partial charge on any atom is 0.417 e. The summed E-state index contributed by atoms with van der Waals surface area (Å²) in [6.07, 6.45) is 1.85. The lowest BCUT2D eigenvalue weighted by Crippen LogP contribution is -2.09. The summed E-state index contributed by atoms with van der Waals surface area (Å²) < 4.78 is 37.7. The third kappa shape index (κ3) is 3.85. The Balaban J connectivity index is 2.31. The van der Waals surface area contributed by atoms with Crippen molar-refractivity contribution in [2.45, 2.75) is 19.0 Å². The third-order valence-electron chi connectivity index (χ3n) is 3.03. The highest BCUT2D eigenvalue weighted by Crippen LogP contribution is 2.34. The fourth-order valence-corrected chi connectivity index (χ4v) is 2.35. The third-order valence-corrected chi connectivity index (χ3v) is 3.32. The lowest BCUT2D eigenvalue weighted by molar-refractivity contribution is -0.138. The van der Waals surface area contributed by atoms with Crippen molar-refractivity contribution < 1.29 is 23.1 Å². The Morgan fingerprint density at radius 3 is 2.76 bits per heavy atom. The average Bonchev–Trinajstić information content (AvgIpc) is 2.37. The number of nitrogens with zero attached hydrogens (tertiary/aromatic N) is 1. The number of rotatable bonds is 3. The Kier molecular flexibility index (Phi) is 4.37. The van der Waals surface area contributed by atoms with E-state index >= 15 is 0 Å². The smallest absolute Gasteiger partial charge is 0.417 e. The molecular weight excluding hydrogens is 307 g/mol. The van der Waals surface area contributed by atoms with E-state index < -0.39 is 17.7 Å². The van der Waals surface area contributed by atoms with Crippen LogP contribution in [0.1, 0.15) is 24.1 Å². The topological polar surface area (TPSA) is 50.2 Å². The number of hydrogen-bond donors (Lipinski definition) is 1. The molecule has 21 heavy (non-hydrogen) atoms. The first-order chi connectivity index (χ1) is 9.77. The van der Waals surface area contributed by atoms with E-state index in [1.807, 2.05) is 0 Å². The van der Waals surface area contributed by atoms with Gasteiger partial charge in [-0.25, -0.2) is 0 Å². The van der Waals surface area contributed by atoms with Crippen LogP contribution in [0, 0.1) is 5.92 Å². The van der Waals surface area contributed by atoms with Gasteiger partial charge in [0.2, 0.25) is 0 Å². The summed E-state index contributed by atoms with van der Waals surface area (Å²) in [6.45, 7) is 0. The molecule has 1 aromatic rings. The first-order valence-electron chi connectivity index (χ1n) is 6.10. The second kappa shape index (κ2) is 5.89. The number of carbonyl (C=O) groups is 1. The van der Waals surface area contributed by atoms with E-state index in [1.54, 1.807) is 18.2 Å². The molecule has 1 unspecified atom stereocenters. The molecule has 1 N–H and O–H groups in total. The largest absolute Gasteiger partial charge is 0.481 e. The predicted molar refractivity (Wildman–Crippen MR) is 71.7 cm³/mol. The molecule has 7 heteroatoms. The van der Waals surface area contributed by atoms with Crippen molar-refractivity contribution in [2.75, 3.05) is 0 Å². The van der Waals surface area contributed by atoms with E-state index in [0.717, 1.165) is 12.3 Å². The van der Waals surface area contributed by atoms with Crippen molar-refractivity contribution in [3.63, 3.8) is 0 Å². The Bertz CT molecular complexity index is 623. The molecular formula is C14H11ClF3NO2. The number of carboxylic acid groups (broad SMARTS) is 1. The van der Waals surface area contributed by atoms with Crippen LogP contribution in [0.25, 0.3) is 5.57 Å². The molecule has 112 valence electrons. The molecule has 1 heterocycles. The van der Waals surface area contributed by atoms with E-state index in [1.165, 1.54) is 0 Å². The summed E-state index contributed by atoms with van der Waals surface area (Å²) in [7, 11) is 0. The zero-order valence-corrected chi connectivity index (χ0v) is 11.4. The summed E-state index contributed by atoms with van der Waals surface area (Å²) >= 11 is 5.87. The van der Waals surface area contributed by atoms with Crippen molar-refractivity contribution in [2.24, 2.45) is 5.92 Å². The molecule has 1 aromatic heterocycles. The normalized spacial score (nSPS) is 18.5. The van der Waals surface area contributed by atoms with E-state index in [9.17, 15) is 18.0 Å². The fourth-order valence-electron chi connectivity index (χ4n) is 2.08. The first kappa shape index (κ1) is 15.6. The van der Waals surface area contributed by atoms with Crippen LogP contribution in [0.15, 0.2) is 30.5 Å². The molecule has 1 aliphatic rings. The molecule has 3 nitrogen and oxygen atoms in total. The second-order valence-electron chi connectivity index (χ2n) is 4.67. The molecule has 0 aromatic carbocycles. The van der Waals surface area contributed by atoms with Gasteiger partial charge in [-0.3, -0.25) is 9.78 Å². The van der Waals surface area contributed by atoms with E-state index in [0.29, 0.717) is 12.0 Å². The lowest BCUT2D eigenvalue weighted by atomic mass is 9.92. The van der Waals surface area contributed by atoms with Crippen LogP contribution in [0.5, 0.6) is 0 Å². The summed E-state index contributed by atoms with van der Waals surface area (Å²) in [5, 5.41) is 8.67. The Morgan fingerprint density at radius 2 is 2.19 bits per heavy atom. The molecule has 0 spiro atoms. The molecule has 0 amide bonds. The highest BCUT2D eigenvalue weighted by Gasteiger charge is 2.31. The minimum atomic E-state index is -4.50. The summed E-state index contributed by atoms with van der Waals surface area (Å²) in [4.78, 5) is 14.5. The molecule has 1 aliphatic carbocycles. The quantitative estimate of drug-likeness (QED) is 0.909. The van der Waals surface area contributed by atoms with Crippen LogP contribution in [0.3, 0.4) is 0 Å². The minimum Gasteiger partial charge on any atom is -0.481 e. The fraction of sp³-hybridized carbons (Fsp3) is 0.286. The molecule has 0 bridgehead atoms. The van der Waals surface area contributed by atoms with Crippen molar-refractivity contribution in [3.05, 3.63) is 46.8 Å². The molecule has 0 saturated heterocycles. The standard InChI is InChI=1S/C14H11ClF3NO2/c15-11-6-10(14(16,17)18)7-19-13(11)9-3-1-2-8(4-9)5-12(20)21/h1,3-4,6-8H,2,5H2,(H,20,21). The van der Waals surface area contributed by atoms with Crippen molar-refractivity contribution in [1.29, 1.82) is 0 Å². The number of alkyl halides is 3. The maximum atomic E-state index is 12.6. The van der Waals surface area contributed by atoms with Gasteiger partial charge in [-0.2, -0.15) is 13.2 Å². The SMILES string of the molecule is O=C(O)CC1C=C(c2ncc(C(F)(F)F)cc2Cl)C=CC1. The number of hydrogen-bond acceptors (Lipinski definition) is 2.